The number of benzene rings is 3. The maximum absolute atomic E-state index is 12.5. The lowest BCUT2D eigenvalue weighted by atomic mass is 9.98. The molecule has 0 aliphatic heterocycles. The number of urea groups is 1. The number of fused-ring (bicyclic) bond motifs is 3. The van der Waals surface area contributed by atoms with Crippen molar-refractivity contribution in [3.05, 3.63) is 89.5 Å². The number of alkyl carbamates (subject to hydrolysis) is 1. The van der Waals surface area contributed by atoms with Crippen LogP contribution >= 0.6 is 0 Å². The van der Waals surface area contributed by atoms with Gasteiger partial charge in [-0.1, -0.05) is 67.6 Å². The fourth-order valence-electron chi connectivity index (χ4n) is 4.48. The minimum absolute atomic E-state index is 0.0274. The van der Waals surface area contributed by atoms with Crippen LogP contribution in [0, 0.1) is 0 Å². The molecule has 0 bridgehead atoms. The summed E-state index contributed by atoms with van der Waals surface area (Å²) in [4.78, 5) is 35.1. The van der Waals surface area contributed by atoms with Crippen LogP contribution in [-0.2, 0) is 16.0 Å². The van der Waals surface area contributed by atoms with E-state index in [2.05, 4.69) is 45.4 Å². The van der Waals surface area contributed by atoms with E-state index in [4.69, 9.17) is 14.6 Å². The Morgan fingerprint density at radius 2 is 1.62 bits per heavy atom. The second-order valence-electron chi connectivity index (χ2n) is 9.21. The molecular weight excluding hydrogens is 512 g/mol. The highest BCUT2D eigenvalue weighted by molar-refractivity contribution is 5.80. The zero-order valence-corrected chi connectivity index (χ0v) is 22.1. The lowest BCUT2D eigenvalue weighted by Gasteiger charge is -2.16. The molecule has 4 N–H and O–H groups in total. The van der Waals surface area contributed by atoms with E-state index in [0.29, 0.717) is 25.1 Å². The summed E-state index contributed by atoms with van der Waals surface area (Å²) in [5.41, 5.74) is 7.95. The average Bonchev–Trinajstić information content (AvgIpc) is 3.28. The molecule has 3 aromatic carbocycles. The predicted octanol–water partition coefficient (Wildman–Crippen LogP) is 4.29. The van der Waals surface area contributed by atoms with Crippen molar-refractivity contribution >= 4 is 24.3 Å². The number of nitrogens with one attached hydrogen (secondary N) is 3. The number of carboxylic acid groups (broad SMARTS) is 1. The molecule has 3 amide bonds. The lowest BCUT2D eigenvalue weighted by molar-refractivity contribution is -0.139. The smallest absolute Gasteiger partial charge is 0.407 e. The summed E-state index contributed by atoms with van der Waals surface area (Å²) in [6.45, 7) is 2.07. The molecule has 0 fully saturated rings. The van der Waals surface area contributed by atoms with Crippen molar-refractivity contribution in [2.45, 2.75) is 31.7 Å². The maximum atomic E-state index is 12.5. The summed E-state index contributed by atoms with van der Waals surface area (Å²) in [7, 11) is 0. The Labute approximate surface area is 232 Å². The monoisotopic (exact) mass is 544 g/mol. The van der Waals surface area contributed by atoms with E-state index in [9.17, 15) is 14.4 Å². The highest BCUT2D eigenvalue weighted by atomic mass is 16.5. The van der Waals surface area contributed by atoms with Crippen molar-refractivity contribution in [2.75, 3.05) is 19.8 Å². The predicted molar refractivity (Wildman–Crippen MR) is 151 cm³/mol. The summed E-state index contributed by atoms with van der Waals surface area (Å²) in [5.74, 6) is -0.607. The van der Waals surface area contributed by atoms with E-state index in [1.54, 1.807) is 24.3 Å². The molecule has 1 aliphatic carbocycles. The minimum Gasteiger partial charge on any atom is -0.482 e. The Hall–Kier alpha value is -4.86. The van der Waals surface area contributed by atoms with Crippen LogP contribution in [0.2, 0.25) is 0 Å². The molecule has 10 heteroatoms. The summed E-state index contributed by atoms with van der Waals surface area (Å²) < 4.78 is 10.7. The van der Waals surface area contributed by atoms with Crippen molar-refractivity contribution < 1.29 is 29.0 Å². The quantitative estimate of drug-likeness (QED) is 0.198. The van der Waals surface area contributed by atoms with Crippen LogP contribution in [-0.4, -0.2) is 55.2 Å². The number of hydrogen-bond acceptors (Lipinski definition) is 6. The molecule has 208 valence electrons. The SMILES string of the molecule is CCC(/C=N\NC(=O)NCCc1ccc(OCC(=O)O)cc1)NC(=O)OCC1c2ccccc2-c2ccccc21. The molecule has 0 heterocycles. The Bertz CT molecular complexity index is 1310. The van der Waals surface area contributed by atoms with E-state index >= 15 is 0 Å². The van der Waals surface area contributed by atoms with Gasteiger partial charge in [0.2, 0.25) is 0 Å². The standard InChI is InChI=1S/C30H32N4O6/c1-2-21(17-32-34-29(37)31-16-15-20-11-13-22(14-12-20)39-19-28(35)36)33-30(38)40-18-27-25-9-5-3-7-23(25)24-8-4-6-10-26(24)27/h3-14,17,21,27H,2,15-16,18-19H2,1H3,(H,33,38)(H,35,36)(H2,31,34,37)/b32-17-. The number of nitrogens with zero attached hydrogens (tertiary/aromatic N) is 1. The van der Waals surface area contributed by atoms with Gasteiger partial charge < -0.3 is 25.2 Å². The van der Waals surface area contributed by atoms with Crippen LogP contribution in [0.3, 0.4) is 0 Å². The van der Waals surface area contributed by atoms with Gasteiger partial charge in [-0.15, -0.1) is 0 Å². The van der Waals surface area contributed by atoms with Crippen LogP contribution in [0.25, 0.3) is 11.1 Å². The van der Waals surface area contributed by atoms with Gasteiger partial charge in [0.15, 0.2) is 6.61 Å². The third-order valence-corrected chi connectivity index (χ3v) is 6.49. The van der Waals surface area contributed by atoms with Crippen molar-refractivity contribution in [1.82, 2.24) is 16.1 Å². The second-order valence-corrected chi connectivity index (χ2v) is 9.21. The molecule has 0 saturated heterocycles. The fourth-order valence-corrected chi connectivity index (χ4v) is 4.48. The number of carbonyl (C=O) groups is 3. The fraction of sp³-hybridized carbons (Fsp3) is 0.267. The van der Waals surface area contributed by atoms with Gasteiger partial charge in [-0.3, -0.25) is 0 Å². The van der Waals surface area contributed by atoms with Crippen molar-refractivity contribution in [1.29, 1.82) is 0 Å². The van der Waals surface area contributed by atoms with E-state index in [1.807, 2.05) is 31.2 Å². The van der Waals surface area contributed by atoms with Gasteiger partial charge in [-0.25, -0.2) is 19.8 Å². The number of amides is 3. The van der Waals surface area contributed by atoms with Crippen LogP contribution in [0.4, 0.5) is 9.59 Å². The molecule has 40 heavy (non-hydrogen) atoms. The molecule has 0 saturated carbocycles. The maximum Gasteiger partial charge on any atom is 0.407 e. The zero-order chi connectivity index (χ0) is 28.3. The highest BCUT2D eigenvalue weighted by Crippen LogP contribution is 2.44. The number of rotatable bonds is 12. The Morgan fingerprint density at radius 3 is 2.25 bits per heavy atom. The minimum atomic E-state index is -1.04. The summed E-state index contributed by atoms with van der Waals surface area (Å²) in [6.07, 6.45) is 2.03. The average molecular weight is 545 g/mol. The van der Waals surface area contributed by atoms with E-state index in [1.165, 1.54) is 6.21 Å². The first-order chi connectivity index (χ1) is 19.4. The lowest BCUT2D eigenvalue weighted by Crippen LogP contribution is -2.38. The van der Waals surface area contributed by atoms with Gasteiger partial charge in [0.05, 0.1) is 6.04 Å². The largest absolute Gasteiger partial charge is 0.482 e. The molecule has 1 unspecified atom stereocenters. The number of hydrogen-bond donors (Lipinski definition) is 4. The van der Waals surface area contributed by atoms with Gasteiger partial charge in [-0.05, 0) is 52.8 Å². The van der Waals surface area contributed by atoms with Crippen molar-refractivity contribution in [3.8, 4) is 16.9 Å². The molecule has 0 aromatic heterocycles. The summed E-state index contributed by atoms with van der Waals surface area (Å²) in [5, 5.41) is 18.1. The van der Waals surface area contributed by atoms with Gasteiger partial charge in [0, 0.05) is 18.7 Å². The van der Waals surface area contributed by atoms with E-state index in [0.717, 1.165) is 27.8 Å². The Balaban J connectivity index is 1.17. The van der Waals surface area contributed by atoms with E-state index < -0.39 is 30.7 Å². The van der Waals surface area contributed by atoms with Gasteiger partial charge in [0.1, 0.15) is 12.4 Å². The number of hydrazone groups is 1. The van der Waals surface area contributed by atoms with Crippen molar-refractivity contribution in [2.24, 2.45) is 5.10 Å². The molecule has 4 rings (SSSR count). The van der Waals surface area contributed by atoms with Crippen molar-refractivity contribution in [3.63, 3.8) is 0 Å². The van der Waals surface area contributed by atoms with Crippen LogP contribution in [0.15, 0.2) is 77.9 Å². The first-order valence-corrected chi connectivity index (χ1v) is 13.1. The third-order valence-electron chi connectivity index (χ3n) is 6.49. The highest BCUT2D eigenvalue weighted by Gasteiger charge is 2.29. The Kier molecular flexibility index (Phi) is 9.71. The second kappa shape index (κ2) is 13.8. The van der Waals surface area contributed by atoms with Gasteiger partial charge in [0.25, 0.3) is 0 Å². The third kappa shape index (κ3) is 7.59. The van der Waals surface area contributed by atoms with Gasteiger partial charge >= 0.3 is 18.1 Å². The van der Waals surface area contributed by atoms with Crippen LogP contribution < -0.4 is 20.8 Å². The summed E-state index contributed by atoms with van der Waals surface area (Å²) in [6, 6.07) is 22.4. The van der Waals surface area contributed by atoms with Crippen LogP contribution in [0.5, 0.6) is 5.75 Å². The number of ether oxygens (including phenoxy) is 2. The molecule has 0 spiro atoms. The molecule has 10 nitrogen and oxygen atoms in total. The first-order valence-electron chi connectivity index (χ1n) is 13.1. The summed E-state index contributed by atoms with van der Waals surface area (Å²) >= 11 is 0. The molecule has 3 aromatic rings. The zero-order valence-electron chi connectivity index (χ0n) is 22.1. The molecule has 1 atom stereocenters. The Morgan fingerprint density at radius 1 is 0.975 bits per heavy atom. The molecule has 1 aliphatic rings. The first kappa shape index (κ1) is 28.2. The molecule has 0 radical (unpaired) electrons. The van der Waals surface area contributed by atoms with E-state index in [-0.39, 0.29) is 12.5 Å². The van der Waals surface area contributed by atoms with Crippen LogP contribution in [0.1, 0.15) is 36.0 Å². The normalized spacial score (nSPS) is 12.7. The number of carboxylic acids is 1. The van der Waals surface area contributed by atoms with Gasteiger partial charge in [-0.2, -0.15) is 5.10 Å². The molecular formula is C30H32N4O6. The number of aliphatic carboxylic acids is 1. The number of carbonyl (C=O) groups excluding carboxylic acids is 2. The topological polar surface area (TPSA) is 138 Å².